The largest absolute Gasteiger partial charge is 0.348 e. The van der Waals surface area contributed by atoms with E-state index in [0.29, 0.717) is 28.1 Å². The smallest absolute Gasteiger partial charge is 0.174 e. The normalized spacial score (nSPS) is 10.9. The highest BCUT2D eigenvalue weighted by atomic mass is 35.5. The van der Waals surface area contributed by atoms with Crippen LogP contribution in [0.3, 0.4) is 0 Å². The third-order valence-corrected chi connectivity index (χ3v) is 5.12. The molecule has 0 aliphatic rings. The average molecular weight is 407 g/mol. The van der Waals surface area contributed by atoms with Gasteiger partial charge in [-0.15, -0.1) is 0 Å². The van der Waals surface area contributed by atoms with Crippen molar-refractivity contribution >= 4 is 34.7 Å². The van der Waals surface area contributed by atoms with E-state index in [0.717, 1.165) is 11.3 Å². The second-order valence-corrected chi connectivity index (χ2v) is 7.06. The fraction of sp³-hybridized carbons (Fsp3) is 0.278. The van der Waals surface area contributed by atoms with E-state index in [-0.39, 0.29) is 12.4 Å². The monoisotopic (exact) mass is 406 g/mol. The first-order valence-electron chi connectivity index (χ1n) is 8.31. The molecule has 0 saturated heterocycles. The highest BCUT2D eigenvalue weighted by molar-refractivity contribution is 7.80. The topological polar surface area (TPSA) is 50.9 Å². The second kappa shape index (κ2) is 8.06. The molecular formula is C18H20ClFN6S. The van der Waals surface area contributed by atoms with Gasteiger partial charge in [-0.05, 0) is 31.3 Å². The van der Waals surface area contributed by atoms with Crippen molar-refractivity contribution in [3.05, 3.63) is 64.3 Å². The number of thiocarbonyl (C=S) groups is 1. The Balaban J connectivity index is 1.63. The van der Waals surface area contributed by atoms with E-state index in [1.54, 1.807) is 29.1 Å². The van der Waals surface area contributed by atoms with Gasteiger partial charge in [0.1, 0.15) is 5.82 Å². The molecule has 3 aromatic rings. The molecule has 3 rings (SSSR count). The van der Waals surface area contributed by atoms with Crippen LogP contribution in [0.2, 0.25) is 5.02 Å². The zero-order chi connectivity index (χ0) is 19.6. The van der Waals surface area contributed by atoms with Gasteiger partial charge in [0.2, 0.25) is 0 Å². The number of aryl methyl sites for hydroxylation is 1. The molecule has 0 saturated carbocycles. The second-order valence-electron chi connectivity index (χ2n) is 6.26. The lowest BCUT2D eigenvalue weighted by atomic mass is 10.2. The van der Waals surface area contributed by atoms with Gasteiger partial charge >= 0.3 is 0 Å². The molecule has 0 spiro atoms. The van der Waals surface area contributed by atoms with Crippen LogP contribution in [0.15, 0.2) is 36.7 Å². The van der Waals surface area contributed by atoms with Crippen LogP contribution in [0.4, 0.5) is 10.2 Å². The molecule has 1 N–H and O–H groups in total. The number of hydrogen-bond acceptors (Lipinski definition) is 3. The first-order chi connectivity index (χ1) is 12.8. The maximum atomic E-state index is 13.9. The van der Waals surface area contributed by atoms with Gasteiger partial charge in [0.15, 0.2) is 10.9 Å². The van der Waals surface area contributed by atoms with Crippen molar-refractivity contribution in [2.75, 3.05) is 12.4 Å². The van der Waals surface area contributed by atoms with E-state index in [1.807, 2.05) is 36.8 Å². The quantitative estimate of drug-likeness (QED) is 0.656. The molecule has 142 valence electrons. The molecule has 1 aromatic carbocycles. The van der Waals surface area contributed by atoms with Crippen molar-refractivity contribution in [3.8, 4) is 0 Å². The minimum atomic E-state index is -0.352. The van der Waals surface area contributed by atoms with Crippen LogP contribution >= 0.6 is 23.8 Å². The summed E-state index contributed by atoms with van der Waals surface area (Å²) in [6, 6.07) is 6.40. The van der Waals surface area contributed by atoms with Crippen molar-refractivity contribution in [3.63, 3.8) is 0 Å². The minimum Gasteiger partial charge on any atom is -0.348 e. The molecule has 27 heavy (non-hydrogen) atoms. The fourth-order valence-electron chi connectivity index (χ4n) is 2.59. The number of hydrogen-bond donors (Lipinski definition) is 1. The Kier molecular flexibility index (Phi) is 5.76. The summed E-state index contributed by atoms with van der Waals surface area (Å²) in [6.45, 7) is 2.89. The lowest BCUT2D eigenvalue weighted by Gasteiger charge is -2.20. The summed E-state index contributed by atoms with van der Waals surface area (Å²) in [4.78, 5) is 1.91. The summed E-state index contributed by atoms with van der Waals surface area (Å²) >= 11 is 11.5. The van der Waals surface area contributed by atoms with Gasteiger partial charge in [0.25, 0.3) is 0 Å². The maximum Gasteiger partial charge on any atom is 0.174 e. The SMILES string of the molecule is Cc1c(CN(C)C(=S)Nc2ccn(Cc3c(F)cccc3Cl)n2)cnn1C. The Labute approximate surface area is 167 Å². The molecule has 0 bridgehead atoms. The van der Waals surface area contributed by atoms with E-state index in [4.69, 9.17) is 23.8 Å². The molecule has 0 atom stereocenters. The lowest BCUT2D eigenvalue weighted by Crippen LogP contribution is -2.31. The molecule has 6 nitrogen and oxygen atoms in total. The van der Waals surface area contributed by atoms with E-state index >= 15 is 0 Å². The van der Waals surface area contributed by atoms with E-state index < -0.39 is 0 Å². The van der Waals surface area contributed by atoms with Crippen LogP contribution in [0.1, 0.15) is 16.8 Å². The van der Waals surface area contributed by atoms with Crippen LogP contribution in [0.25, 0.3) is 0 Å². The molecule has 0 aliphatic heterocycles. The third kappa shape index (κ3) is 4.45. The molecule has 2 aromatic heterocycles. The van der Waals surface area contributed by atoms with Crippen molar-refractivity contribution in [1.82, 2.24) is 24.5 Å². The molecule has 2 heterocycles. The summed E-state index contributed by atoms with van der Waals surface area (Å²) in [5.74, 6) is 0.233. The molecule has 0 aliphatic carbocycles. The van der Waals surface area contributed by atoms with E-state index in [1.165, 1.54) is 6.07 Å². The number of rotatable bonds is 5. The summed E-state index contributed by atoms with van der Waals surface area (Å²) in [5.41, 5.74) is 2.60. The highest BCUT2D eigenvalue weighted by Crippen LogP contribution is 2.20. The van der Waals surface area contributed by atoms with Gasteiger partial charge in [-0.2, -0.15) is 10.2 Å². The first-order valence-corrected chi connectivity index (χ1v) is 9.09. The Hall–Kier alpha value is -2.45. The van der Waals surface area contributed by atoms with Gasteiger partial charge in [0.05, 0.1) is 12.7 Å². The minimum absolute atomic E-state index is 0.241. The third-order valence-electron chi connectivity index (χ3n) is 4.35. The fourth-order valence-corrected chi connectivity index (χ4v) is 2.99. The number of benzene rings is 1. The molecular weight excluding hydrogens is 387 g/mol. The van der Waals surface area contributed by atoms with Gasteiger partial charge in [-0.1, -0.05) is 17.7 Å². The van der Waals surface area contributed by atoms with Crippen LogP contribution in [0.5, 0.6) is 0 Å². The Morgan fingerprint density at radius 3 is 2.81 bits per heavy atom. The van der Waals surface area contributed by atoms with E-state index in [2.05, 4.69) is 15.5 Å². The number of anilines is 1. The zero-order valence-electron chi connectivity index (χ0n) is 15.3. The molecule has 9 heteroatoms. The van der Waals surface area contributed by atoms with Crippen molar-refractivity contribution in [2.45, 2.75) is 20.0 Å². The molecule has 0 unspecified atom stereocenters. The Bertz CT molecular complexity index is 946. The summed E-state index contributed by atoms with van der Waals surface area (Å²) in [7, 11) is 3.81. The molecule has 0 amide bonds. The van der Waals surface area contributed by atoms with Crippen molar-refractivity contribution < 1.29 is 4.39 Å². The molecule has 0 fully saturated rings. The van der Waals surface area contributed by atoms with Gasteiger partial charge < -0.3 is 10.2 Å². The van der Waals surface area contributed by atoms with E-state index in [9.17, 15) is 4.39 Å². The first kappa shape index (κ1) is 19.3. The van der Waals surface area contributed by atoms with Crippen LogP contribution in [0, 0.1) is 12.7 Å². The van der Waals surface area contributed by atoms with Gasteiger partial charge in [0, 0.05) is 54.7 Å². The average Bonchev–Trinajstić information content (AvgIpc) is 3.19. The van der Waals surface area contributed by atoms with Gasteiger partial charge in [-0.25, -0.2) is 4.39 Å². The predicted octanol–water partition coefficient (Wildman–Crippen LogP) is 3.59. The number of halogens is 2. The van der Waals surface area contributed by atoms with Crippen molar-refractivity contribution in [1.29, 1.82) is 0 Å². The lowest BCUT2D eigenvalue weighted by molar-refractivity contribution is 0.506. The van der Waals surface area contributed by atoms with Crippen molar-refractivity contribution in [2.24, 2.45) is 7.05 Å². The van der Waals surface area contributed by atoms with Crippen LogP contribution < -0.4 is 5.32 Å². The Morgan fingerprint density at radius 1 is 1.37 bits per heavy atom. The summed E-state index contributed by atoms with van der Waals surface area (Å²) in [6.07, 6.45) is 3.58. The number of aromatic nitrogens is 4. The summed E-state index contributed by atoms with van der Waals surface area (Å²) in [5, 5.41) is 12.6. The number of nitrogens with one attached hydrogen (secondary N) is 1. The zero-order valence-corrected chi connectivity index (χ0v) is 16.9. The van der Waals surface area contributed by atoms with Crippen LogP contribution in [-0.2, 0) is 20.1 Å². The van der Waals surface area contributed by atoms with Gasteiger partial charge in [-0.3, -0.25) is 9.36 Å². The Morgan fingerprint density at radius 2 is 2.15 bits per heavy atom. The number of nitrogens with zero attached hydrogens (tertiary/aromatic N) is 5. The standard InChI is InChI=1S/C18H20ClFN6S/c1-12-13(9-21-25(12)3)10-24(2)18(27)22-17-7-8-26(23-17)11-14-15(19)5-4-6-16(14)20/h4-9H,10-11H2,1-3H3,(H,22,23,27). The van der Waals surface area contributed by atoms with Crippen LogP contribution in [-0.4, -0.2) is 36.6 Å². The predicted molar refractivity (Wildman–Crippen MR) is 108 cm³/mol. The highest BCUT2D eigenvalue weighted by Gasteiger charge is 2.12. The summed E-state index contributed by atoms with van der Waals surface area (Å²) < 4.78 is 17.4. The molecule has 0 radical (unpaired) electrons. The maximum absolute atomic E-state index is 13.9.